The summed E-state index contributed by atoms with van der Waals surface area (Å²) in [6, 6.07) is 6.76. The first-order valence-electron chi connectivity index (χ1n) is 6.08. The second kappa shape index (κ2) is 5.05. The van der Waals surface area contributed by atoms with Crippen LogP contribution in [-0.4, -0.2) is 5.38 Å². The molecule has 0 amide bonds. The van der Waals surface area contributed by atoms with E-state index in [1.165, 1.54) is 41.5 Å². The van der Waals surface area contributed by atoms with Gasteiger partial charge in [-0.1, -0.05) is 41.8 Å². The predicted octanol–water partition coefficient (Wildman–Crippen LogP) is 4.87. The van der Waals surface area contributed by atoms with E-state index in [0.717, 1.165) is 6.42 Å². The van der Waals surface area contributed by atoms with Crippen LogP contribution in [0.3, 0.4) is 0 Å². The van der Waals surface area contributed by atoms with E-state index in [0.29, 0.717) is 0 Å². The Balaban J connectivity index is 2.34. The molecule has 0 aromatic heterocycles. The average Bonchev–Trinajstić information content (AvgIpc) is 2.41. The Bertz CT molecular complexity index is 384. The van der Waals surface area contributed by atoms with Crippen molar-refractivity contribution in [2.75, 3.05) is 0 Å². The standard InChI is InChI=1S/C15H19Cl/c1-11-7-12(2)9-14(8-11)13-5-3-4-6-15(16)10-13/h7-10,15H,3-6H2,1-2H3. The molecule has 0 N–H and O–H groups in total. The molecule has 16 heavy (non-hydrogen) atoms. The SMILES string of the molecule is Cc1cc(C)cc(C2=CC(Cl)CCCC2)c1. The molecule has 0 aliphatic heterocycles. The number of hydrogen-bond donors (Lipinski definition) is 0. The lowest BCUT2D eigenvalue weighted by Gasteiger charge is -2.09. The lowest BCUT2D eigenvalue weighted by Crippen LogP contribution is -1.92. The van der Waals surface area contributed by atoms with Crippen LogP contribution in [0.4, 0.5) is 0 Å². The van der Waals surface area contributed by atoms with Crippen LogP contribution in [0.2, 0.25) is 0 Å². The van der Waals surface area contributed by atoms with Gasteiger partial charge in [0.25, 0.3) is 0 Å². The number of aryl methyl sites for hydroxylation is 2. The normalized spacial score (nSPS) is 21.4. The maximum absolute atomic E-state index is 6.27. The summed E-state index contributed by atoms with van der Waals surface area (Å²) in [5, 5.41) is 0.221. The zero-order chi connectivity index (χ0) is 11.5. The van der Waals surface area contributed by atoms with Crippen LogP contribution >= 0.6 is 11.6 Å². The Morgan fingerprint density at radius 1 is 1.06 bits per heavy atom. The van der Waals surface area contributed by atoms with Crippen molar-refractivity contribution < 1.29 is 0 Å². The van der Waals surface area contributed by atoms with E-state index in [2.05, 4.69) is 38.1 Å². The van der Waals surface area contributed by atoms with Crippen molar-refractivity contribution in [3.05, 3.63) is 41.0 Å². The largest absolute Gasteiger partial charge is 0.118 e. The smallest absolute Gasteiger partial charge is 0.0521 e. The zero-order valence-electron chi connectivity index (χ0n) is 10.1. The highest BCUT2D eigenvalue weighted by molar-refractivity contribution is 6.22. The summed E-state index contributed by atoms with van der Waals surface area (Å²) in [5.74, 6) is 0. The summed E-state index contributed by atoms with van der Waals surface area (Å²) in [6.45, 7) is 4.32. The van der Waals surface area contributed by atoms with E-state index in [1.54, 1.807) is 0 Å². The van der Waals surface area contributed by atoms with E-state index < -0.39 is 0 Å². The molecule has 0 radical (unpaired) electrons. The number of benzene rings is 1. The summed E-state index contributed by atoms with van der Waals surface area (Å²) in [5.41, 5.74) is 5.48. The van der Waals surface area contributed by atoms with Gasteiger partial charge in [-0.25, -0.2) is 0 Å². The first-order valence-corrected chi connectivity index (χ1v) is 6.52. The van der Waals surface area contributed by atoms with Gasteiger partial charge >= 0.3 is 0 Å². The van der Waals surface area contributed by atoms with Crippen LogP contribution < -0.4 is 0 Å². The van der Waals surface area contributed by atoms with Gasteiger partial charge in [0.05, 0.1) is 5.38 Å². The molecule has 1 aliphatic carbocycles. The van der Waals surface area contributed by atoms with Gasteiger partial charge < -0.3 is 0 Å². The van der Waals surface area contributed by atoms with E-state index in [-0.39, 0.29) is 5.38 Å². The summed E-state index contributed by atoms with van der Waals surface area (Å²) in [6.07, 6.45) is 7.06. The lowest BCUT2D eigenvalue weighted by atomic mass is 9.97. The van der Waals surface area contributed by atoms with Gasteiger partial charge in [-0.2, -0.15) is 0 Å². The molecular weight excluding hydrogens is 216 g/mol. The molecule has 0 heterocycles. The number of hydrogen-bond acceptors (Lipinski definition) is 0. The highest BCUT2D eigenvalue weighted by Crippen LogP contribution is 2.29. The van der Waals surface area contributed by atoms with Crippen LogP contribution in [-0.2, 0) is 0 Å². The molecule has 0 bridgehead atoms. The molecule has 2 rings (SSSR count). The van der Waals surface area contributed by atoms with Gasteiger partial charge in [0.2, 0.25) is 0 Å². The quantitative estimate of drug-likeness (QED) is 0.609. The summed E-state index contributed by atoms with van der Waals surface area (Å²) in [4.78, 5) is 0. The van der Waals surface area contributed by atoms with E-state index in [1.807, 2.05) is 0 Å². The maximum atomic E-state index is 6.27. The van der Waals surface area contributed by atoms with Crippen LogP contribution in [0.1, 0.15) is 42.4 Å². The molecular formula is C15H19Cl. The monoisotopic (exact) mass is 234 g/mol. The molecule has 0 spiro atoms. The van der Waals surface area contributed by atoms with Crippen LogP contribution in [0.25, 0.3) is 5.57 Å². The summed E-state index contributed by atoms with van der Waals surface area (Å²) in [7, 11) is 0. The Morgan fingerprint density at radius 2 is 1.75 bits per heavy atom. The molecule has 0 saturated carbocycles. The van der Waals surface area contributed by atoms with Gasteiger partial charge in [0.15, 0.2) is 0 Å². The third kappa shape index (κ3) is 2.89. The van der Waals surface area contributed by atoms with Crippen LogP contribution in [0, 0.1) is 13.8 Å². The molecule has 1 atom stereocenters. The van der Waals surface area contributed by atoms with Crippen molar-refractivity contribution in [2.45, 2.75) is 44.9 Å². The minimum atomic E-state index is 0.221. The Hall–Kier alpha value is -0.750. The maximum Gasteiger partial charge on any atom is 0.0521 e. The van der Waals surface area contributed by atoms with Gasteiger partial charge in [-0.05, 0) is 44.2 Å². The Kier molecular flexibility index (Phi) is 3.70. The van der Waals surface area contributed by atoms with Crippen LogP contribution in [0.15, 0.2) is 24.3 Å². The van der Waals surface area contributed by atoms with Crippen molar-refractivity contribution in [3.8, 4) is 0 Å². The molecule has 86 valence electrons. The topological polar surface area (TPSA) is 0 Å². The fourth-order valence-corrected chi connectivity index (χ4v) is 2.75. The Labute approximate surface area is 103 Å². The second-order valence-electron chi connectivity index (χ2n) is 4.83. The molecule has 0 saturated heterocycles. The molecule has 0 fully saturated rings. The summed E-state index contributed by atoms with van der Waals surface area (Å²) < 4.78 is 0. The van der Waals surface area contributed by atoms with Crippen molar-refractivity contribution in [1.82, 2.24) is 0 Å². The number of allylic oxidation sites excluding steroid dienone is 2. The average molecular weight is 235 g/mol. The zero-order valence-corrected chi connectivity index (χ0v) is 10.8. The number of halogens is 1. The van der Waals surface area contributed by atoms with Gasteiger partial charge in [-0.15, -0.1) is 11.6 Å². The van der Waals surface area contributed by atoms with Crippen molar-refractivity contribution in [2.24, 2.45) is 0 Å². The first kappa shape index (κ1) is 11.7. The van der Waals surface area contributed by atoms with E-state index in [4.69, 9.17) is 11.6 Å². The summed E-state index contributed by atoms with van der Waals surface area (Å²) >= 11 is 6.27. The highest BCUT2D eigenvalue weighted by atomic mass is 35.5. The van der Waals surface area contributed by atoms with Crippen molar-refractivity contribution >= 4 is 17.2 Å². The second-order valence-corrected chi connectivity index (χ2v) is 5.39. The van der Waals surface area contributed by atoms with Crippen LogP contribution in [0.5, 0.6) is 0 Å². The lowest BCUT2D eigenvalue weighted by molar-refractivity contribution is 0.724. The molecule has 1 heteroatoms. The number of rotatable bonds is 1. The molecule has 1 unspecified atom stereocenters. The van der Waals surface area contributed by atoms with Crippen molar-refractivity contribution in [3.63, 3.8) is 0 Å². The first-order chi connectivity index (χ1) is 7.65. The molecule has 1 aliphatic rings. The van der Waals surface area contributed by atoms with E-state index in [9.17, 15) is 0 Å². The Morgan fingerprint density at radius 3 is 2.44 bits per heavy atom. The third-order valence-electron chi connectivity index (χ3n) is 3.15. The minimum absolute atomic E-state index is 0.221. The van der Waals surface area contributed by atoms with E-state index >= 15 is 0 Å². The fourth-order valence-electron chi connectivity index (χ4n) is 2.44. The third-order valence-corrected chi connectivity index (χ3v) is 3.49. The molecule has 0 nitrogen and oxygen atoms in total. The number of alkyl halides is 1. The molecule has 1 aromatic carbocycles. The molecule has 1 aromatic rings. The fraction of sp³-hybridized carbons (Fsp3) is 0.467. The minimum Gasteiger partial charge on any atom is -0.118 e. The van der Waals surface area contributed by atoms with Gasteiger partial charge in [0.1, 0.15) is 0 Å². The highest BCUT2D eigenvalue weighted by Gasteiger charge is 2.11. The van der Waals surface area contributed by atoms with Gasteiger partial charge in [0, 0.05) is 0 Å². The van der Waals surface area contributed by atoms with Gasteiger partial charge in [-0.3, -0.25) is 0 Å². The predicted molar refractivity (Wildman–Crippen MR) is 72.0 cm³/mol. The van der Waals surface area contributed by atoms with Crippen molar-refractivity contribution in [1.29, 1.82) is 0 Å².